The molecule has 0 aromatic heterocycles. The monoisotopic (exact) mass is 224 g/mol. The molecule has 2 heterocycles. The lowest BCUT2D eigenvalue weighted by molar-refractivity contribution is 0.211. The van der Waals surface area contributed by atoms with Crippen LogP contribution in [-0.2, 0) is 0 Å². The molecule has 2 aliphatic rings. The fourth-order valence-electron chi connectivity index (χ4n) is 3.46. The highest BCUT2D eigenvalue weighted by atomic mass is 15.2. The molecule has 2 fully saturated rings. The molecule has 2 saturated heterocycles. The highest BCUT2D eigenvalue weighted by Gasteiger charge is 2.36. The Labute approximate surface area is 101 Å². The highest BCUT2D eigenvalue weighted by Crippen LogP contribution is 2.28. The minimum atomic E-state index is 0.810. The van der Waals surface area contributed by atoms with Gasteiger partial charge >= 0.3 is 0 Å². The lowest BCUT2D eigenvalue weighted by atomic mass is 9.94. The molecule has 3 atom stereocenters. The summed E-state index contributed by atoms with van der Waals surface area (Å²) in [6.45, 7) is 8.58. The minimum Gasteiger partial charge on any atom is -0.312 e. The Kier molecular flexibility index (Phi) is 4.66. The van der Waals surface area contributed by atoms with Gasteiger partial charge in [0.2, 0.25) is 0 Å². The van der Waals surface area contributed by atoms with Gasteiger partial charge in [0.25, 0.3) is 0 Å². The molecule has 2 rings (SSSR count). The van der Waals surface area contributed by atoms with E-state index < -0.39 is 0 Å². The van der Waals surface area contributed by atoms with Gasteiger partial charge in [-0.25, -0.2) is 0 Å². The van der Waals surface area contributed by atoms with Crippen LogP contribution < -0.4 is 5.32 Å². The Hall–Kier alpha value is -0.0800. The molecule has 1 unspecified atom stereocenters. The lowest BCUT2D eigenvalue weighted by Crippen LogP contribution is -2.41. The summed E-state index contributed by atoms with van der Waals surface area (Å²) in [6, 6.07) is 1.66. The van der Waals surface area contributed by atoms with Gasteiger partial charge in [0.15, 0.2) is 0 Å². The third-order valence-corrected chi connectivity index (χ3v) is 4.51. The molecule has 2 heteroatoms. The van der Waals surface area contributed by atoms with Gasteiger partial charge in [-0.1, -0.05) is 26.7 Å². The van der Waals surface area contributed by atoms with Crippen LogP contribution in [0, 0.1) is 5.92 Å². The predicted molar refractivity (Wildman–Crippen MR) is 69.7 cm³/mol. The van der Waals surface area contributed by atoms with Crippen LogP contribution >= 0.6 is 0 Å². The van der Waals surface area contributed by atoms with Crippen LogP contribution in [0.5, 0.6) is 0 Å². The summed E-state index contributed by atoms with van der Waals surface area (Å²) in [5, 5.41) is 3.70. The van der Waals surface area contributed by atoms with E-state index in [1.807, 2.05) is 0 Å². The number of unbranched alkanes of at least 4 members (excludes halogenated alkanes) is 1. The molecule has 0 aromatic carbocycles. The van der Waals surface area contributed by atoms with Gasteiger partial charge in [-0.2, -0.15) is 0 Å². The van der Waals surface area contributed by atoms with E-state index in [9.17, 15) is 0 Å². The summed E-state index contributed by atoms with van der Waals surface area (Å²) < 4.78 is 0. The second-order valence-electron chi connectivity index (χ2n) is 5.62. The Morgan fingerprint density at radius 2 is 2.19 bits per heavy atom. The van der Waals surface area contributed by atoms with E-state index in [2.05, 4.69) is 24.1 Å². The van der Waals surface area contributed by atoms with Crippen LogP contribution in [0.1, 0.15) is 52.4 Å². The largest absolute Gasteiger partial charge is 0.312 e. The Bertz CT molecular complexity index is 191. The maximum Gasteiger partial charge on any atom is 0.0235 e. The molecule has 0 bridgehead atoms. The summed E-state index contributed by atoms with van der Waals surface area (Å²) in [4.78, 5) is 2.77. The number of hydrogen-bond acceptors (Lipinski definition) is 2. The van der Waals surface area contributed by atoms with Crippen LogP contribution in [-0.4, -0.2) is 36.6 Å². The molecule has 0 saturated carbocycles. The zero-order valence-corrected chi connectivity index (χ0v) is 11.0. The van der Waals surface area contributed by atoms with Gasteiger partial charge in [0.05, 0.1) is 0 Å². The normalized spacial score (nSPS) is 32.6. The smallest absolute Gasteiger partial charge is 0.0235 e. The molecule has 0 aliphatic carbocycles. The average Bonchev–Trinajstić information content (AvgIpc) is 2.73. The number of likely N-dealkylation sites (tertiary alicyclic amines) is 1. The maximum atomic E-state index is 3.70. The topological polar surface area (TPSA) is 15.3 Å². The molecule has 16 heavy (non-hydrogen) atoms. The fraction of sp³-hybridized carbons (Fsp3) is 1.00. The molecule has 2 nitrogen and oxygen atoms in total. The molecular weight excluding hydrogens is 196 g/mol. The van der Waals surface area contributed by atoms with E-state index >= 15 is 0 Å². The number of fused-ring (bicyclic) bond motifs is 1. The van der Waals surface area contributed by atoms with Crippen molar-refractivity contribution in [3.63, 3.8) is 0 Å². The quantitative estimate of drug-likeness (QED) is 0.772. The van der Waals surface area contributed by atoms with E-state index in [0.717, 1.165) is 18.0 Å². The Balaban J connectivity index is 1.84. The van der Waals surface area contributed by atoms with Crippen molar-refractivity contribution in [2.75, 3.05) is 19.6 Å². The van der Waals surface area contributed by atoms with E-state index in [1.165, 1.54) is 58.2 Å². The fourth-order valence-corrected chi connectivity index (χ4v) is 3.46. The van der Waals surface area contributed by atoms with E-state index in [-0.39, 0.29) is 0 Å². The van der Waals surface area contributed by atoms with Crippen molar-refractivity contribution in [2.45, 2.75) is 64.5 Å². The molecule has 0 amide bonds. The van der Waals surface area contributed by atoms with Crippen molar-refractivity contribution in [3.05, 3.63) is 0 Å². The number of nitrogens with one attached hydrogen (secondary N) is 1. The average molecular weight is 224 g/mol. The van der Waals surface area contributed by atoms with Gasteiger partial charge in [0.1, 0.15) is 0 Å². The lowest BCUT2D eigenvalue weighted by Gasteiger charge is -2.26. The van der Waals surface area contributed by atoms with Crippen molar-refractivity contribution in [1.82, 2.24) is 10.2 Å². The summed E-state index contributed by atoms with van der Waals surface area (Å²) in [5.74, 6) is 0.949. The maximum absolute atomic E-state index is 3.70. The van der Waals surface area contributed by atoms with Crippen LogP contribution in [0.25, 0.3) is 0 Å². The van der Waals surface area contributed by atoms with Crippen molar-refractivity contribution >= 4 is 0 Å². The van der Waals surface area contributed by atoms with Gasteiger partial charge in [0, 0.05) is 25.2 Å². The number of piperidine rings is 1. The minimum absolute atomic E-state index is 0.810. The summed E-state index contributed by atoms with van der Waals surface area (Å²) in [6.07, 6.45) is 8.33. The van der Waals surface area contributed by atoms with Crippen LogP contribution in [0.15, 0.2) is 0 Å². The summed E-state index contributed by atoms with van der Waals surface area (Å²) in [7, 11) is 0. The van der Waals surface area contributed by atoms with Crippen LogP contribution in [0.3, 0.4) is 0 Å². The number of rotatable bonds is 5. The first kappa shape index (κ1) is 12.4. The Morgan fingerprint density at radius 3 is 2.88 bits per heavy atom. The summed E-state index contributed by atoms with van der Waals surface area (Å²) in [5.41, 5.74) is 0. The first-order chi connectivity index (χ1) is 7.85. The van der Waals surface area contributed by atoms with Crippen LogP contribution in [0.4, 0.5) is 0 Å². The van der Waals surface area contributed by atoms with Gasteiger partial charge < -0.3 is 5.32 Å². The van der Waals surface area contributed by atoms with E-state index in [1.54, 1.807) is 0 Å². The van der Waals surface area contributed by atoms with Crippen LogP contribution in [0.2, 0.25) is 0 Å². The van der Waals surface area contributed by atoms with Crippen molar-refractivity contribution < 1.29 is 0 Å². The molecule has 94 valence electrons. The number of hydrogen-bond donors (Lipinski definition) is 1. The van der Waals surface area contributed by atoms with E-state index in [4.69, 9.17) is 0 Å². The third-order valence-electron chi connectivity index (χ3n) is 4.51. The molecule has 1 N–H and O–H groups in total. The first-order valence-corrected chi connectivity index (χ1v) is 7.32. The van der Waals surface area contributed by atoms with Crippen molar-refractivity contribution in [3.8, 4) is 0 Å². The van der Waals surface area contributed by atoms with Gasteiger partial charge in [-0.3, -0.25) is 4.90 Å². The van der Waals surface area contributed by atoms with Gasteiger partial charge in [-0.15, -0.1) is 0 Å². The SMILES string of the molecule is CCCCC(CC)N1C[C@@H]2CCCN[C@@H]2C1. The Morgan fingerprint density at radius 1 is 1.31 bits per heavy atom. The van der Waals surface area contributed by atoms with Crippen molar-refractivity contribution in [1.29, 1.82) is 0 Å². The number of nitrogens with zero attached hydrogens (tertiary/aromatic N) is 1. The molecule has 2 aliphatic heterocycles. The standard InChI is InChI=1S/C14H28N2/c1-3-5-8-13(4-2)16-10-12-7-6-9-15-14(12)11-16/h12-15H,3-11H2,1-2H3/t12-,13?,14+/m0/s1. The first-order valence-electron chi connectivity index (χ1n) is 7.32. The second kappa shape index (κ2) is 6.02. The third kappa shape index (κ3) is 2.78. The second-order valence-corrected chi connectivity index (χ2v) is 5.62. The molecule has 0 spiro atoms. The molecular formula is C14H28N2. The zero-order chi connectivity index (χ0) is 11.4. The predicted octanol–water partition coefficient (Wildman–Crippen LogP) is 2.64. The molecule has 0 radical (unpaired) electrons. The highest BCUT2D eigenvalue weighted by molar-refractivity contribution is 4.93. The van der Waals surface area contributed by atoms with E-state index in [0.29, 0.717) is 0 Å². The van der Waals surface area contributed by atoms with Crippen molar-refractivity contribution in [2.24, 2.45) is 5.92 Å². The van der Waals surface area contributed by atoms with Gasteiger partial charge in [-0.05, 0) is 38.1 Å². The zero-order valence-electron chi connectivity index (χ0n) is 11.0. The summed E-state index contributed by atoms with van der Waals surface area (Å²) >= 11 is 0. The molecule has 0 aromatic rings.